The zero-order valence-corrected chi connectivity index (χ0v) is 15.4. The minimum atomic E-state index is -0.860. The molecule has 0 aliphatic carbocycles. The van der Waals surface area contributed by atoms with Crippen LogP contribution >= 0.6 is 11.8 Å². The van der Waals surface area contributed by atoms with Gasteiger partial charge in [0.25, 0.3) is 0 Å². The molecule has 1 aromatic carbocycles. The summed E-state index contributed by atoms with van der Waals surface area (Å²) in [6.07, 6.45) is 0.792. The molecule has 0 bridgehead atoms. The average Bonchev–Trinajstić information content (AvgIpc) is 2.52. The van der Waals surface area contributed by atoms with Gasteiger partial charge in [0, 0.05) is 29.0 Å². The number of benzene rings is 1. The smallest absolute Gasteiger partial charge is 0.303 e. The van der Waals surface area contributed by atoms with E-state index in [-0.39, 0.29) is 12.3 Å². The van der Waals surface area contributed by atoms with Crippen LogP contribution in [-0.2, 0) is 9.59 Å². The number of amides is 1. The first-order chi connectivity index (χ1) is 11.3. The lowest BCUT2D eigenvalue weighted by Crippen LogP contribution is -2.43. The molecule has 7 heteroatoms. The van der Waals surface area contributed by atoms with Crippen molar-refractivity contribution in [3.8, 4) is 11.5 Å². The van der Waals surface area contributed by atoms with Gasteiger partial charge >= 0.3 is 5.97 Å². The third kappa shape index (κ3) is 7.12. The first-order valence-electron chi connectivity index (χ1n) is 7.65. The Labute approximate surface area is 146 Å². The highest BCUT2D eigenvalue weighted by Gasteiger charge is 2.21. The SMILES string of the molecule is COc1ccc(SCCC(=O)NC(C)(C)CCC(=O)O)cc1OC. The van der Waals surface area contributed by atoms with Gasteiger partial charge in [-0.3, -0.25) is 9.59 Å². The molecule has 0 aromatic heterocycles. The highest BCUT2D eigenvalue weighted by atomic mass is 32.2. The molecule has 0 spiro atoms. The summed E-state index contributed by atoms with van der Waals surface area (Å²) in [5.41, 5.74) is -0.524. The number of carbonyl (C=O) groups excluding carboxylic acids is 1. The van der Waals surface area contributed by atoms with E-state index in [1.165, 1.54) is 0 Å². The molecule has 0 atom stereocenters. The van der Waals surface area contributed by atoms with Crippen LogP contribution in [0.1, 0.15) is 33.1 Å². The van der Waals surface area contributed by atoms with Crippen molar-refractivity contribution in [2.45, 2.75) is 43.5 Å². The molecule has 0 unspecified atom stereocenters. The molecule has 0 saturated heterocycles. The standard InChI is InChI=1S/C17H25NO5S/c1-17(2,9-7-16(20)21)18-15(19)8-10-24-12-5-6-13(22-3)14(11-12)23-4/h5-6,11H,7-10H2,1-4H3,(H,18,19)(H,20,21). The summed E-state index contributed by atoms with van der Waals surface area (Å²) in [4.78, 5) is 23.6. The van der Waals surface area contributed by atoms with Gasteiger partial charge in [-0.2, -0.15) is 0 Å². The van der Waals surface area contributed by atoms with Crippen LogP contribution in [0, 0.1) is 0 Å². The fourth-order valence-electron chi connectivity index (χ4n) is 2.09. The summed E-state index contributed by atoms with van der Waals surface area (Å²) in [5.74, 6) is 0.997. The summed E-state index contributed by atoms with van der Waals surface area (Å²) in [5, 5.41) is 11.6. The Kier molecular flexibility index (Phi) is 7.91. The summed E-state index contributed by atoms with van der Waals surface area (Å²) in [7, 11) is 3.17. The third-order valence-corrected chi connectivity index (χ3v) is 4.39. The Bertz CT molecular complexity index is 574. The first kappa shape index (κ1) is 20.2. The van der Waals surface area contributed by atoms with Crippen LogP contribution in [0.4, 0.5) is 0 Å². The van der Waals surface area contributed by atoms with Gasteiger partial charge in [-0.1, -0.05) is 0 Å². The van der Waals surface area contributed by atoms with E-state index in [1.807, 2.05) is 32.0 Å². The Balaban J connectivity index is 2.44. The number of rotatable bonds is 10. The van der Waals surface area contributed by atoms with Crippen LogP contribution in [0.2, 0.25) is 0 Å². The predicted octanol–water partition coefficient (Wildman–Crippen LogP) is 2.95. The molecular formula is C17H25NO5S. The van der Waals surface area contributed by atoms with Crippen LogP contribution in [-0.4, -0.2) is 42.5 Å². The van der Waals surface area contributed by atoms with Gasteiger partial charge in [0.1, 0.15) is 0 Å². The van der Waals surface area contributed by atoms with E-state index in [2.05, 4.69) is 5.32 Å². The molecule has 1 amide bonds. The van der Waals surface area contributed by atoms with Crippen molar-refractivity contribution in [2.75, 3.05) is 20.0 Å². The Morgan fingerprint density at radius 3 is 2.42 bits per heavy atom. The van der Waals surface area contributed by atoms with E-state index in [0.717, 1.165) is 4.90 Å². The fourth-order valence-corrected chi connectivity index (χ4v) is 2.97. The van der Waals surface area contributed by atoms with Crippen LogP contribution in [0.5, 0.6) is 11.5 Å². The summed E-state index contributed by atoms with van der Waals surface area (Å²) >= 11 is 1.55. The highest BCUT2D eigenvalue weighted by molar-refractivity contribution is 7.99. The minimum Gasteiger partial charge on any atom is -0.493 e. The monoisotopic (exact) mass is 355 g/mol. The maximum atomic E-state index is 12.0. The number of ether oxygens (including phenoxy) is 2. The highest BCUT2D eigenvalue weighted by Crippen LogP contribution is 2.32. The molecule has 24 heavy (non-hydrogen) atoms. The second-order valence-electron chi connectivity index (χ2n) is 5.94. The molecule has 0 aliphatic heterocycles. The Hall–Kier alpha value is -1.89. The van der Waals surface area contributed by atoms with Crippen LogP contribution < -0.4 is 14.8 Å². The average molecular weight is 355 g/mol. The Morgan fingerprint density at radius 1 is 1.17 bits per heavy atom. The molecule has 0 aliphatic rings. The molecule has 1 rings (SSSR count). The predicted molar refractivity (Wildman–Crippen MR) is 94.0 cm³/mol. The zero-order chi connectivity index (χ0) is 18.2. The van der Waals surface area contributed by atoms with Gasteiger partial charge < -0.3 is 19.9 Å². The van der Waals surface area contributed by atoms with Crippen molar-refractivity contribution in [3.05, 3.63) is 18.2 Å². The molecule has 1 aromatic rings. The van der Waals surface area contributed by atoms with Crippen LogP contribution in [0.25, 0.3) is 0 Å². The van der Waals surface area contributed by atoms with Crippen molar-refractivity contribution in [1.82, 2.24) is 5.32 Å². The maximum absolute atomic E-state index is 12.0. The van der Waals surface area contributed by atoms with E-state index < -0.39 is 11.5 Å². The lowest BCUT2D eigenvalue weighted by Gasteiger charge is -2.25. The van der Waals surface area contributed by atoms with E-state index >= 15 is 0 Å². The molecular weight excluding hydrogens is 330 g/mol. The minimum absolute atomic E-state index is 0.0354. The third-order valence-electron chi connectivity index (χ3n) is 3.39. The molecule has 134 valence electrons. The second kappa shape index (κ2) is 9.42. The van der Waals surface area contributed by atoms with Crippen molar-refractivity contribution in [2.24, 2.45) is 0 Å². The van der Waals surface area contributed by atoms with Crippen molar-refractivity contribution in [3.63, 3.8) is 0 Å². The Morgan fingerprint density at radius 2 is 1.83 bits per heavy atom. The van der Waals surface area contributed by atoms with E-state index in [0.29, 0.717) is 30.1 Å². The lowest BCUT2D eigenvalue weighted by atomic mass is 9.98. The van der Waals surface area contributed by atoms with E-state index in [9.17, 15) is 9.59 Å². The molecule has 0 radical (unpaired) electrons. The van der Waals surface area contributed by atoms with Crippen LogP contribution in [0.15, 0.2) is 23.1 Å². The second-order valence-corrected chi connectivity index (χ2v) is 7.11. The number of aliphatic carboxylic acids is 1. The number of carbonyl (C=O) groups is 2. The molecule has 0 saturated carbocycles. The number of carboxylic acids is 1. The topological polar surface area (TPSA) is 84.9 Å². The van der Waals surface area contributed by atoms with Gasteiger partial charge in [-0.15, -0.1) is 11.8 Å². The number of carboxylic acid groups (broad SMARTS) is 1. The molecule has 2 N–H and O–H groups in total. The summed E-state index contributed by atoms with van der Waals surface area (Å²) in [6, 6.07) is 5.62. The van der Waals surface area contributed by atoms with E-state index in [1.54, 1.807) is 26.0 Å². The number of nitrogens with one attached hydrogen (secondary N) is 1. The van der Waals surface area contributed by atoms with Gasteiger partial charge in [-0.25, -0.2) is 0 Å². The number of thioether (sulfide) groups is 1. The van der Waals surface area contributed by atoms with Gasteiger partial charge in [0.05, 0.1) is 14.2 Å². The lowest BCUT2D eigenvalue weighted by molar-refractivity contribution is -0.137. The number of hydrogen-bond donors (Lipinski definition) is 2. The maximum Gasteiger partial charge on any atom is 0.303 e. The largest absolute Gasteiger partial charge is 0.493 e. The van der Waals surface area contributed by atoms with Crippen molar-refractivity contribution in [1.29, 1.82) is 0 Å². The number of hydrogen-bond acceptors (Lipinski definition) is 5. The van der Waals surface area contributed by atoms with Crippen LogP contribution in [0.3, 0.4) is 0 Å². The van der Waals surface area contributed by atoms with Gasteiger partial charge in [-0.05, 0) is 38.5 Å². The molecule has 6 nitrogen and oxygen atoms in total. The van der Waals surface area contributed by atoms with Gasteiger partial charge in [0.2, 0.25) is 5.91 Å². The van der Waals surface area contributed by atoms with Gasteiger partial charge in [0.15, 0.2) is 11.5 Å². The molecule has 0 fully saturated rings. The van der Waals surface area contributed by atoms with Crippen molar-refractivity contribution < 1.29 is 24.2 Å². The quantitative estimate of drug-likeness (QED) is 0.628. The normalized spacial score (nSPS) is 11.0. The molecule has 0 heterocycles. The fraction of sp³-hybridized carbons (Fsp3) is 0.529. The number of methoxy groups -OCH3 is 2. The zero-order valence-electron chi connectivity index (χ0n) is 14.5. The van der Waals surface area contributed by atoms with E-state index in [4.69, 9.17) is 14.6 Å². The van der Waals surface area contributed by atoms with Crippen molar-refractivity contribution >= 4 is 23.6 Å². The summed E-state index contributed by atoms with van der Waals surface area (Å²) < 4.78 is 10.4. The summed E-state index contributed by atoms with van der Waals surface area (Å²) in [6.45, 7) is 3.66. The first-order valence-corrected chi connectivity index (χ1v) is 8.63.